The van der Waals surface area contributed by atoms with Crippen LogP contribution in [0.3, 0.4) is 0 Å². The lowest BCUT2D eigenvalue weighted by atomic mass is 9.98. The molecular formula is C29H27N3O6S2. The minimum Gasteiger partial charge on any atom is -0.497 e. The molecule has 2 amide bonds. The van der Waals surface area contributed by atoms with Gasteiger partial charge in [0.25, 0.3) is 5.91 Å². The smallest absolute Gasteiger partial charge is 0.355 e. The highest BCUT2D eigenvalue weighted by atomic mass is 32.2. The Hall–Kier alpha value is -3.96. The van der Waals surface area contributed by atoms with Gasteiger partial charge in [0.1, 0.15) is 29.5 Å². The summed E-state index contributed by atoms with van der Waals surface area (Å²) in [6.07, 6.45) is 0. The van der Waals surface area contributed by atoms with Crippen molar-refractivity contribution < 1.29 is 28.4 Å². The van der Waals surface area contributed by atoms with Crippen molar-refractivity contribution in [2.24, 2.45) is 0 Å². The maximum atomic E-state index is 13.5. The van der Waals surface area contributed by atoms with E-state index in [2.05, 4.69) is 17.1 Å². The van der Waals surface area contributed by atoms with Crippen LogP contribution in [0, 0.1) is 6.92 Å². The summed E-state index contributed by atoms with van der Waals surface area (Å²) in [5.41, 5.74) is 2.50. The second-order valence-corrected chi connectivity index (χ2v) is 11.3. The number of amides is 2. The summed E-state index contributed by atoms with van der Waals surface area (Å²) in [4.78, 5) is 41.8. The molecule has 206 valence electrons. The first-order valence-electron chi connectivity index (χ1n) is 12.4. The van der Waals surface area contributed by atoms with Crippen molar-refractivity contribution in [2.45, 2.75) is 29.8 Å². The maximum absolute atomic E-state index is 13.5. The van der Waals surface area contributed by atoms with Gasteiger partial charge in [0, 0.05) is 27.9 Å². The van der Waals surface area contributed by atoms with E-state index >= 15 is 0 Å². The molecule has 9 nitrogen and oxygen atoms in total. The van der Waals surface area contributed by atoms with E-state index in [-0.39, 0.29) is 29.9 Å². The average Bonchev–Trinajstić information content (AvgIpc) is 3.43. The first-order valence-corrected chi connectivity index (χ1v) is 14.5. The molecule has 0 spiro atoms. The molecule has 0 aliphatic carbocycles. The molecule has 0 bridgehead atoms. The van der Waals surface area contributed by atoms with Crippen LogP contribution in [0.25, 0.3) is 5.57 Å². The van der Waals surface area contributed by atoms with Gasteiger partial charge in [-0.2, -0.15) is 0 Å². The van der Waals surface area contributed by atoms with Crippen molar-refractivity contribution >= 4 is 46.9 Å². The molecule has 11 heteroatoms. The average molecular weight is 578 g/mol. The van der Waals surface area contributed by atoms with Crippen LogP contribution in [0.2, 0.25) is 0 Å². The number of rotatable bonds is 10. The molecule has 1 fully saturated rings. The fourth-order valence-electron chi connectivity index (χ4n) is 4.31. The van der Waals surface area contributed by atoms with Gasteiger partial charge in [-0.3, -0.25) is 14.5 Å². The number of fused-ring (bicyclic) bond motifs is 1. The second kappa shape index (κ2) is 12.1. The zero-order valence-electron chi connectivity index (χ0n) is 21.9. The Kier molecular flexibility index (Phi) is 8.32. The SMILES string of the molecule is C=C(C1=C(C(=O)OCc2ccc(OC)cc2)N2C(=O)[C@@H](NC(=O)CSc3ccccc3)[C@H]2SC1)c1cc(C)no1. The summed E-state index contributed by atoms with van der Waals surface area (Å²) in [7, 11) is 1.57. The summed E-state index contributed by atoms with van der Waals surface area (Å²) in [6, 6.07) is 17.7. The fraction of sp³-hybridized carbons (Fsp3) is 0.241. The highest BCUT2D eigenvalue weighted by molar-refractivity contribution is 8.00. The number of hydrogen-bond acceptors (Lipinski definition) is 9. The first-order chi connectivity index (χ1) is 19.4. The number of hydrogen-bond donors (Lipinski definition) is 1. The first kappa shape index (κ1) is 27.6. The molecule has 2 aromatic carbocycles. The Bertz CT molecular complexity index is 1470. The van der Waals surface area contributed by atoms with Gasteiger partial charge in [-0.15, -0.1) is 23.5 Å². The lowest BCUT2D eigenvalue weighted by Gasteiger charge is -2.49. The van der Waals surface area contributed by atoms with Crippen LogP contribution in [0.4, 0.5) is 0 Å². The second-order valence-electron chi connectivity index (χ2n) is 9.12. The van der Waals surface area contributed by atoms with E-state index in [4.69, 9.17) is 14.0 Å². The number of allylic oxidation sites excluding steroid dienone is 1. The van der Waals surface area contributed by atoms with Gasteiger partial charge < -0.3 is 19.3 Å². The number of thioether (sulfide) groups is 2. The van der Waals surface area contributed by atoms with E-state index in [1.54, 1.807) is 44.4 Å². The van der Waals surface area contributed by atoms with Gasteiger partial charge in [0.15, 0.2) is 5.76 Å². The molecule has 1 aromatic heterocycles. The maximum Gasteiger partial charge on any atom is 0.355 e. The number of nitrogens with one attached hydrogen (secondary N) is 1. The summed E-state index contributed by atoms with van der Waals surface area (Å²) in [6.45, 7) is 5.91. The Morgan fingerprint density at radius 1 is 1.20 bits per heavy atom. The normalized spacial score (nSPS) is 18.1. The van der Waals surface area contributed by atoms with Crippen molar-refractivity contribution in [3.63, 3.8) is 0 Å². The molecule has 3 aromatic rings. The van der Waals surface area contributed by atoms with E-state index in [0.29, 0.717) is 34.1 Å². The van der Waals surface area contributed by atoms with Crippen LogP contribution in [0.1, 0.15) is 17.0 Å². The van der Waals surface area contributed by atoms with Crippen LogP contribution in [0.15, 0.2) is 87.9 Å². The molecule has 1 N–H and O–H groups in total. The molecule has 1 saturated heterocycles. The highest BCUT2D eigenvalue weighted by Crippen LogP contribution is 2.44. The predicted octanol–water partition coefficient (Wildman–Crippen LogP) is 4.19. The largest absolute Gasteiger partial charge is 0.497 e. The van der Waals surface area contributed by atoms with Gasteiger partial charge in [-0.05, 0) is 36.8 Å². The molecule has 2 aliphatic heterocycles. The minimum atomic E-state index is -0.749. The molecule has 0 saturated carbocycles. The van der Waals surface area contributed by atoms with E-state index < -0.39 is 17.4 Å². The van der Waals surface area contributed by atoms with Gasteiger partial charge in [0.2, 0.25) is 5.91 Å². The Labute approximate surface area is 239 Å². The van der Waals surface area contributed by atoms with E-state index in [1.807, 2.05) is 30.3 Å². The van der Waals surface area contributed by atoms with Crippen LogP contribution in [-0.4, -0.2) is 57.9 Å². The molecular weight excluding hydrogens is 550 g/mol. The Morgan fingerprint density at radius 2 is 1.95 bits per heavy atom. The minimum absolute atomic E-state index is 0.00418. The zero-order valence-corrected chi connectivity index (χ0v) is 23.6. The quantitative estimate of drug-likeness (QED) is 0.215. The van der Waals surface area contributed by atoms with Gasteiger partial charge in [-0.25, -0.2) is 4.79 Å². The lowest BCUT2D eigenvalue weighted by Crippen LogP contribution is -2.70. The molecule has 2 aliphatic rings. The van der Waals surface area contributed by atoms with Crippen LogP contribution in [0.5, 0.6) is 5.75 Å². The van der Waals surface area contributed by atoms with Crippen LogP contribution < -0.4 is 10.1 Å². The summed E-state index contributed by atoms with van der Waals surface area (Å²) in [5, 5.41) is 6.30. The summed E-state index contributed by atoms with van der Waals surface area (Å²) < 4.78 is 16.2. The number of ether oxygens (including phenoxy) is 2. The highest BCUT2D eigenvalue weighted by Gasteiger charge is 2.54. The fourth-order valence-corrected chi connectivity index (χ4v) is 6.43. The number of β-lactam (4-membered cyclic amide) rings is 1. The number of methoxy groups -OCH3 is 1. The number of esters is 1. The standard InChI is InChI=1S/C29H27N3O6S2/c1-17-13-23(38-31-17)18(2)22-15-40-28-25(30-24(33)16-39-21-7-5-4-6-8-21)27(34)32(28)26(22)29(35)37-14-19-9-11-20(36-3)12-10-19/h4-13,25,28H,2,14-16H2,1,3H3,(H,30,33)/t25-,28-/m1/s1. The number of carbonyl (C=O) groups excluding carboxylic acids is 3. The number of benzene rings is 2. The van der Waals surface area contributed by atoms with Gasteiger partial charge in [0.05, 0.1) is 18.6 Å². The topological polar surface area (TPSA) is 111 Å². The third-order valence-electron chi connectivity index (χ3n) is 6.41. The summed E-state index contributed by atoms with van der Waals surface area (Å²) >= 11 is 2.83. The number of carbonyl (C=O) groups is 3. The van der Waals surface area contributed by atoms with Crippen molar-refractivity contribution in [2.75, 3.05) is 18.6 Å². The summed E-state index contributed by atoms with van der Waals surface area (Å²) in [5.74, 6) is 0.329. The van der Waals surface area contributed by atoms with E-state index in [9.17, 15) is 14.4 Å². The third kappa shape index (κ3) is 5.80. The van der Waals surface area contributed by atoms with Crippen LogP contribution in [-0.2, 0) is 25.7 Å². The van der Waals surface area contributed by atoms with Crippen molar-refractivity contribution in [1.29, 1.82) is 0 Å². The van der Waals surface area contributed by atoms with Crippen molar-refractivity contribution in [3.8, 4) is 5.75 Å². The third-order valence-corrected chi connectivity index (χ3v) is 8.70. The number of nitrogens with zero attached hydrogens (tertiary/aromatic N) is 2. The Balaban J connectivity index is 1.33. The molecule has 2 atom stereocenters. The molecule has 0 unspecified atom stereocenters. The number of aromatic nitrogens is 1. The van der Waals surface area contributed by atoms with Crippen LogP contribution >= 0.6 is 23.5 Å². The molecule has 3 heterocycles. The molecule has 0 radical (unpaired) electrons. The van der Waals surface area contributed by atoms with Gasteiger partial charge in [-0.1, -0.05) is 42.1 Å². The molecule has 5 rings (SSSR count). The zero-order chi connectivity index (χ0) is 28.2. The lowest BCUT2D eigenvalue weighted by molar-refractivity contribution is -0.153. The monoisotopic (exact) mass is 577 g/mol. The predicted molar refractivity (Wildman–Crippen MR) is 152 cm³/mol. The van der Waals surface area contributed by atoms with Crippen molar-refractivity contribution in [3.05, 3.63) is 95.5 Å². The Morgan fingerprint density at radius 3 is 2.62 bits per heavy atom. The number of aryl methyl sites for hydroxylation is 1. The van der Waals surface area contributed by atoms with E-state index in [1.165, 1.54) is 28.4 Å². The van der Waals surface area contributed by atoms with Gasteiger partial charge >= 0.3 is 5.97 Å². The van der Waals surface area contributed by atoms with E-state index in [0.717, 1.165) is 10.5 Å². The molecule has 40 heavy (non-hydrogen) atoms. The van der Waals surface area contributed by atoms with Crippen molar-refractivity contribution in [1.82, 2.24) is 15.4 Å².